The number of hydrogen-bond acceptors (Lipinski definition) is 13. The third kappa shape index (κ3) is 8.19. The molecule has 0 fully saturated rings. The fourth-order valence-corrected chi connectivity index (χ4v) is 5.33. The molecule has 282 valence electrons. The van der Waals surface area contributed by atoms with Crippen molar-refractivity contribution in [1.29, 1.82) is 0 Å². The predicted octanol–water partition coefficient (Wildman–Crippen LogP) is 4.02. The van der Waals surface area contributed by atoms with Gasteiger partial charge in [0.1, 0.15) is 58.0 Å². The van der Waals surface area contributed by atoms with Gasteiger partial charge in [-0.3, -0.25) is 19.0 Å². The van der Waals surface area contributed by atoms with Gasteiger partial charge in [-0.25, -0.2) is 8.78 Å². The molecule has 0 saturated carbocycles. The highest BCUT2D eigenvalue weighted by molar-refractivity contribution is 5.96. The fraction of sp³-hybridized carbons (Fsp3) is 0.194. The summed E-state index contributed by atoms with van der Waals surface area (Å²) in [5.41, 5.74) is 7.49. The third-order valence-electron chi connectivity index (χ3n) is 8.24. The highest BCUT2D eigenvalue weighted by atomic mass is 19.1. The maximum Gasteiger partial charge on any atom is 0.317 e. The Morgan fingerprint density at radius 3 is 1.93 bits per heavy atom. The predicted molar refractivity (Wildman–Crippen MR) is 193 cm³/mol. The topological polar surface area (TPSA) is 237 Å². The zero-order valence-corrected chi connectivity index (χ0v) is 29.7. The van der Waals surface area contributed by atoms with E-state index in [-0.39, 0.29) is 54.4 Å². The van der Waals surface area contributed by atoms with E-state index in [1.165, 1.54) is 43.2 Å². The normalized spacial score (nSPS) is 11.6. The lowest BCUT2D eigenvalue weighted by molar-refractivity contribution is -0.149. The molecular formula is C36H34F2N12O5. The molecule has 0 bridgehead atoms. The number of aromatic nitrogens is 9. The van der Waals surface area contributed by atoms with Crippen LogP contribution in [-0.4, -0.2) is 63.5 Å². The van der Waals surface area contributed by atoms with E-state index >= 15 is 0 Å². The number of esters is 1. The summed E-state index contributed by atoms with van der Waals surface area (Å²) in [6.07, 6.45) is 2.85. The van der Waals surface area contributed by atoms with Crippen LogP contribution in [0.5, 0.6) is 0 Å². The summed E-state index contributed by atoms with van der Waals surface area (Å²) in [5, 5.41) is 28.1. The molecule has 7 aromatic rings. The molecule has 55 heavy (non-hydrogen) atoms. The van der Waals surface area contributed by atoms with Gasteiger partial charge in [0.2, 0.25) is 0 Å². The number of halogens is 2. The minimum absolute atomic E-state index is 0.0767. The molecule has 0 amide bonds. The number of ether oxygens (including phenoxy) is 1. The van der Waals surface area contributed by atoms with Crippen LogP contribution in [0.4, 0.5) is 8.78 Å². The largest absolute Gasteiger partial charge is 0.465 e. The molecule has 5 heterocycles. The molecule has 0 unspecified atom stereocenters. The minimum Gasteiger partial charge on any atom is -0.465 e. The van der Waals surface area contributed by atoms with Crippen LogP contribution in [0, 0.1) is 11.6 Å². The average molecular weight is 753 g/mol. The van der Waals surface area contributed by atoms with E-state index in [9.17, 15) is 18.4 Å². The highest BCUT2D eigenvalue weighted by Gasteiger charge is 2.36. The quantitative estimate of drug-likeness (QED) is 0.0557. The summed E-state index contributed by atoms with van der Waals surface area (Å²) in [7, 11) is 0. The van der Waals surface area contributed by atoms with Crippen molar-refractivity contribution >= 4 is 11.8 Å². The van der Waals surface area contributed by atoms with Gasteiger partial charge in [0, 0.05) is 23.3 Å². The van der Waals surface area contributed by atoms with Crippen molar-refractivity contribution in [3.05, 3.63) is 130 Å². The summed E-state index contributed by atoms with van der Waals surface area (Å²) in [6.45, 7) is 5.26. The zero-order chi connectivity index (χ0) is 39.1. The van der Waals surface area contributed by atoms with Crippen LogP contribution in [0.15, 0.2) is 104 Å². The second-order valence-corrected chi connectivity index (χ2v) is 12.3. The second-order valence-electron chi connectivity index (χ2n) is 12.3. The molecule has 7 rings (SSSR count). The molecule has 0 spiro atoms. The average Bonchev–Trinajstić information content (AvgIpc) is 4.01. The van der Waals surface area contributed by atoms with Gasteiger partial charge in [-0.15, -0.1) is 10.2 Å². The molecule has 2 aromatic carbocycles. The molecule has 19 heteroatoms. The molecule has 0 radical (unpaired) electrons. The van der Waals surface area contributed by atoms with Crippen molar-refractivity contribution in [2.45, 2.75) is 39.3 Å². The number of hydrogen-bond donors (Lipinski definition) is 3. The number of aromatic amines is 1. The summed E-state index contributed by atoms with van der Waals surface area (Å²) in [6, 6.07) is 19.4. The van der Waals surface area contributed by atoms with E-state index < -0.39 is 16.9 Å². The molecule has 0 saturated heterocycles. The molecule has 0 aliphatic rings. The number of carbonyl (C=O) groups is 1. The molecule has 5 N–H and O–H groups in total. The lowest BCUT2D eigenvalue weighted by Gasteiger charge is -2.19. The van der Waals surface area contributed by atoms with Crippen LogP contribution in [-0.2, 0) is 28.0 Å². The van der Waals surface area contributed by atoms with Crippen LogP contribution < -0.4 is 17.1 Å². The Morgan fingerprint density at radius 2 is 1.42 bits per heavy atom. The van der Waals surface area contributed by atoms with Crippen LogP contribution in [0.2, 0.25) is 0 Å². The number of hydrazone groups is 1. The number of nitrogens with zero attached hydrogens (tertiary/aromatic N) is 9. The lowest BCUT2D eigenvalue weighted by Crippen LogP contribution is -2.38. The first-order valence-electron chi connectivity index (χ1n) is 16.6. The van der Waals surface area contributed by atoms with Gasteiger partial charge in [0.15, 0.2) is 11.7 Å². The highest BCUT2D eigenvalue weighted by Crippen LogP contribution is 2.26. The molecule has 0 aliphatic carbocycles. The van der Waals surface area contributed by atoms with Gasteiger partial charge >= 0.3 is 5.97 Å². The zero-order valence-electron chi connectivity index (χ0n) is 29.7. The van der Waals surface area contributed by atoms with E-state index in [1.807, 2.05) is 0 Å². The first kappa shape index (κ1) is 37.4. The van der Waals surface area contributed by atoms with E-state index in [4.69, 9.17) is 25.4 Å². The van der Waals surface area contributed by atoms with Gasteiger partial charge in [0.25, 0.3) is 5.56 Å². The number of nitrogens with two attached hydrogens (primary N) is 2. The Balaban J connectivity index is 0.000000203. The van der Waals surface area contributed by atoms with Gasteiger partial charge in [-0.05, 0) is 45.0 Å². The number of amidine groups is 1. The van der Waals surface area contributed by atoms with Crippen LogP contribution in [0.3, 0.4) is 0 Å². The number of H-pyrrole nitrogens is 1. The first-order valence-corrected chi connectivity index (χ1v) is 16.6. The minimum atomic E-state index is -1.29. The Bertz CT molecular complexity index is 2490. The smallest absolute Gasteiger partial charge is 0.317 e. The Morgan fingerprint density at radius 1 is 0.855 bits per heavy atom. The molecule has 0 aliphatic heterocycles. The fourth-order valence-electron chi connectivity index (χ4n) is 5.33. The maximum atomic E-state index is 14.2. The van der Waals surface area contributed by atoms with E-state index in [2.05, 4.69) is 40.8 Å². The Hall–Kier alpha value is -7.31. The monoisotopic (exact) mass is 752 g/mol. The van der Waals surface area contributed by atoms with Crippen molar-refractivity contribution < 1.29 is 27.4 Å². The van der Waals surface area contributed by atoms with E-state index in [0.717, 1.165) is 0 Å². The third-order valence-corrected chi connectivity index (χ3v) is 8.24. The number of benzene rings is 2. The second kappa shape index (κ2) is 16.1. The van der Waals surface area contributed by atoms with Crippen molar-refractivity contribution in [1.82, 2.24) is 45.1 Å². The molecule has 5 aromatic heterocycles. The van der Waals surface area contributed by atoms with Gasteiger partial charge in [-0.1, -0.05) is 46.7 Å². The Kier molecular flexibility index (Phi) is 11.0. The summed E-state index contributed by atoms with van der Waals surface area (Å²) in [5.74, 6) is 4.07. The van der Waals surface area contributed by atoms with Crippen molar-refractivity contribution in [2.75, 3.05) is 6.61 Å². The van der Waals surface area contributed by atoms with Crippen molar-refractivity contribution in [3.8, 4) is 34.3 Å². The lowest BCUT2D eigenvalue weighted by atomic mass is 9.90. The van der Waals surface area contributed by atoms with Crippen LogP contribution in [0.25, 0.3) is 34.3 Å². The van der Waals surface area contributed by atoms with Crippen LogP contribution in [0.1, 0.15) is 43.3 Å². The SMILES string of the molecule is CCOC(=O)C(C)(C)c1nnc(-c2cc(-c3ccon3)n(Cc3ccccc3F)n2)[nH]c1=O.NN=C(N)c1cc(-c2ccon2)n(Cc2ccccc2F)n1. The first-order chi connectivity index (χ1) is 26.5. The summed E-state index contributed by atoms with van der Waals surface area (Å²) < 4.78 is 46.0. The van der Waals surface area contributed by atoms with Crippen molar-refractivity contribution in [3.63, 3.8) is 0 Å². The van der Waals surface area contributed by atoms with E-state index in [1.54, 1.807) is 72.3 Å². The maximum absolute atomic E-state index is 14.2. The summed E-state index contributed by atoms with van der Waals surface area (Å²) in [4.78, 5) is 27.6. The standard InChI is InChI=1S/C22H21FN6O4.C14H13FN6O/c1-4-32-21(31)22(2,3)18-20(30)24-19(26-25-18)16-11-17(15-9-10-33-28-15)29(27-16)12-13-7-5-6-8-14(13)23;15-10-4-2-1-3-9(10)8-21-13(11-5-6-22-20-11)7-12(19-21)14(16)18-17/h5-11H,4,12H2,1-3H3,(H,24,26,30);1-7H,8,17H2,(H2,16,18). The van der Waals surface area contributed by atoms with Crippen molar-refractivity contribution in [2.24, 2.45) is 16.7 Å². The number of carbonyl (C=O) groups excluding carboxylic acids is 1. The van der Waals surface area contributed by atoms with E-state index in [0.29, 0.717) is 39.6 Å². The Labute approximate surface area is 310 Å². The van der Waals surface area contributed by atoms with Gasteiger partial charge in [0.05, 0.1) is 31.1 Å². The molecule has 0 atom stereocenters. The molecular weight excluding hydrogens is 718 g/mol. The van der Waals surface area contributed by atoms with Crippen LogP contribution >= 0.6 is 0 Å². The molecule has 17 nitrogen and oxygen atoms in total. The van der Waals surface area contributed by atoms with Gasteiger partial charge < -0.3 is 30.3 Å². The number of nitrogens with one attached hydrogen (secondary N) is 1. The van der Waals surface area contributed by atoms with Gasteiger partial charge in [-0.2, -0.15) is 15.3 Å². The number of rotatable bonds is 11. The summed E-state index contributed by atoms with van der Waals surface area (Å²) >= 11 is 0.